The number of nitrogen functional groups attached to an aromatic ring is 1. The summed E-state index contributed by atoms with van der Waals surface area (Å²) in [7, 11) is 0. The Morgan fingerprint density at radius 3 is 2.68 bits per heavy atom. The normalized spacial score (nSPS) is 10.4. The van der Waals surface area contributed by atoms with Gasteiger partial charge in [-0.15, -0.1) is 10.3 Å². The van der Waals surface area contributed by atoms with Gasteiger partial charge in [0.15, 0.2) is 5.52 Å². The fourth-order valence-corrected chi connectivity index (χ4v) is 1.85. The smallest absolute Gasteiger partial charge is 0.313 e. The number of hydrogen-bond donors (Lipinski definition) is 2. The Hall–Kier alpha value is -2.21. The summed E-state index contributed by atoms with van der Waals surface area (Å²) in [6, 6.07) is 8.21. The Bertz CT molecular complexity index is 695. The molecule has 0 aliphatic carbocycles. The minimum atomic E-state index is -0.245. The third-order valence-electron chi connectivity index (χ3n) is 2.79. The first-order valence-electron chi connectivity index (χ1n) is 5.48. The second kappa shape index (κ2) is 5.19. The second-order valence-electron chi connectivity index (χ2n) is 4.07. The predicted octanol–water partition coefficient (Wildman–Crippen LogP) is -1.91. The largest absolute Gasteiger partial charge is 1.00 e. The van der Waals surface area contributed by atoms with E-state index in [1.165, 1.54) is 12.1 Å². The number of rotatable bonds is 2. The molecule has 0 bridgehead atoms. The number of H-pyrrole nitrogens is 2. The molecule has 0 atom stereocenters. The molecule has 7 heteroatoms. The molecule has 0 amide bonds. The SMILES string of the molecule is Nc1[nH+]c2n[nH]nc2cc1Cc1ccc(F)cc1.[Cl-]. The van der Waals surface area contributed by atoms with E-state index in [0.29, 0.717) is 17.9 Å². The summed E-state index contributed by atoms with van der Waals surface area (Å²) in [5.41, 5.74) is 9.15. The Labute approximate surface area is 114 Å². The van der Waals surface area contributed by atoms with E-state index in [0.717, 1.165) is 16.6 Å². The van der Waals surface area contributed by atoms with E-state index in [9.17, 15) is 4.39 Å². The molecule has 0 unspecified atom stereocenters. The number of benzene rings is 1. The minimum absolute atomic E-state index is 0. The van der Waals surface area contributed by atoms with Gasteiger partial charge in [-0.1, -0.05) is 12.1 Å². The van der Waals surface area contributed by atoms with Gasteiger partial charge in [-0.05, 0) is 23.8 Å². The molecule has 5 nitrogen and oxygen atoms in total. The van der Waals surface area contributed by atoms with Crippen molar-refractivity contribution in [3.05, 3.63) is 47.3 Å². The summed E-state index contributed by atoms with van der Waals surface area (Å²) in [6.45, 7) is 0. The number of nitrogens with one attached hydrogen (secondary N) is 2. The molecule has 2 heterocycles. The standard InChI is InChI=1S/C12H10FN5.ClH/c13-9-3-1-7(2-4-9)5-8-6-10-12(15-11(8)14)17-18-16-10;/h1-4,6H,5H2,(H3,14,15,16,17,18);1H. The number of nitrogens with zero attached hydrogens (tertiary/aromatic N) is 2. The van der Waals surface area contributed by atoms with Crippen LogP contribution in [0.4, 0.5) is 10.2 Å². The monoisotopic (exact) mass is 279 g/mol. The molecule has 0 saturated carbocycles. The lowest BCUT2D eigenvalue weighted by Gasteiger charge is -2.02. The number of hydrogen-bond acceptors (Lipinski definition) is 3. The number of halogens is 2. The molecule has 3 rings (SSSR count). The fraction of sp³-hybridized carbons (Fsp3) is 0.0833. The maximum Gasteiger partial charge on any atom is 0.313 e. The first kappa shape index (κ1) is 13.2. The van der Waals surface area contributed by atoms with Crippen molar-refractivity contribution in [2.45, 2.75) is 6.42 Å². The van der Waals surface area contributed by atoms with Crippen LogP contribution in [0.25, 0.3) is 11.2 Å². The van der Waals surface area contributed by atoms with E-state index in [1.807, 2.05) is 6.07 Å². The van der Waals surface area contributed by atoms with Crippen LogP contribution in [0, 0.1) is 5.82 Å². The highest BCUT2D eigenvalue weighted by Crippen LogP contribution is 2.16. The number of anilines is 1. The molecule has 0 saturated heterocycles. The highest BCUT2D eigenvalue weighted by molar-refractivity contribution is 5.68. The Balaban J connectivity index is 0.00000133. The average molecular weight is 280 g/mol. The minimum Gasteiger partial charge on any atom is -1.00 e. The molecule has 0 aliphatic heterocycles. The van der Waals surface area contributed by atoms with Gasteiger partial charge >= 0.3 is 5.65 Å². The van der Waals surface area contributed by atoms with Gasteiger partial charge in [-0.25, -0.2) is 9.37 Å². The van der Waals surface area contributed by atoms with Crippen molar-refractivity contribution in [2.75, 3.05) is 5.73 Å². The number of fused-ring (bicyclic) bond motifs is 1. The van der Waals surface area contributed by atoms with Crippen LogP contribution in [0.15, 0.2) is 30.3 Å². The molecule has 19 heavy (non-hydrogen) atoms. The van der Waals surface area contributed by atoms with Crippen LogP contribution < -0.4 is 23.1 Å². The molecule has 98 valence electrons. The number of nitrogens with two attached hydrogens (primary N) is 1. The van der Waals surface area contributed by atoms with Crippen LogP contribution in [0.3, 0.4) is 0 Å². The Morgan fingerprint density at radius 1 is 1.21 bits per heavy atom. The topological polar surface area (TPSA) is 81.7 Å². The van der Waals surface area contributed by atoms with Gasteiger partial charge in [-0.3, -0.25) is 0 Å². The van der Waals surface area contributed by atoms with Gasteiger partial charge in [-0.2, -0.15) is 0 Å². The number of aromatic amines is 2. The summed E-state index contributed by atoms with van der Waals surface area (Å²) in [5.74, 6) is 0.297. The van der Waals surface area contributed by atoms with Gasteiger partial charge in [0.05, 0.1) is 0 Å². The molecule has 0 spiro atoms. The van der Waals surface area contributed by atoms with E-state index < -0.39 is 0 Å². The predicted molar refractivity (Wildman–Crippen MR) is 64.1 cm³/mol. The van der Waals surface area contributed by atoms with Crippen LogP contribution in [0.5, 0.6) is 0 Å². The summed E-state index contributed by atoms with van der Waals surface area (Å²) < 4.78 is 12.8. The van der Waals surface area contributed by atoms with Crippen molar-refractivity contribution in [1.82, 2.24) is 15.4 Å². The molecule has 2 aromatic heterocycles. The highest BCUT2D eigenvalue weighted by Gasteiger charge is 2.11. The van der Waals surface area contributed by atoms with Crippen LogP contribution in [-0.2, 0) is 6.42 Å². The second-order valence-corrected chi connectivity index (χ2v) is 4.07. The van der Waals surface area contributed by atoms with Gasteiger partial charge in [0.2, 0.25) is 5.82 Å². The van der Waals surface area contributed by atoms with Crippen LogP contribution in [-0.4, -0.2) is 15.4 Å². The first-order valence-corrected chi connectivity index (χ1v) is 5.48. The number of aromatic nitrogens is 4. The zero-order chi connectivity index (χ0) is 12.5. The zero-order valence-electron chi connectivity index (χ0n) is 9.82. The molecule has 0 aliphatic rings. The van der Waals surface area contributed by atoms with Crippen molar-refractivity contribution >= 4 is 17.0 Å². The van der Waals surface area contributed by atoms with Crippen molar-refractivity contribution < 1.29 is 21.8 Å². The highest BCUT2D eigenvalue weighted by atomic mass is 35.5. The van der Waals surface area contributed by atoms with Crippen molar-refractivity contribution in [3.63, 3.8) is 0 Å². The van der Waals surface area contributed by atoms with Crippen LogP contribution >= 0.6 is 0 Å². The lowest BCUT2D eigenvalue weighted by Crippen LogP contribution is -3.00. The Kier molecular flexibility index (Phi) is 3.62. The quantitative estimate of drug-likeness (QED) is 0.574. The third-order valence-corrected chi connectivity index (χ3v) is 2.79. The first-order chi connectivity index (χ1) is 8.72. The van der Waals surface area contributed by atoms with E-state index >= 15 is 0 Å². The van der Waals surface area contributed by atoms with Gasteiger partial charge < -0.3 is 18.1 Å². The summed E-state index contributed by atoms with van der Waals surface area (Å²) >= 11 is 0. The van der Waals surface area contributed by atoms with Crippen molar-refractivity contribution in [2.24, 2.45) is 0 Å². The maximum absolute atomic E-state index is 12.8. The van der Waals surface area contributed by atoms with Gasteiger partial charge in [0, 0.05) is 17.1 Å². The molecule has 0 fully saturated rings. The summed E-state index contributed by atoms with van der Waals surface area (Å²) in [5, 5.41) is 10.4. The lowest BCUT2D eigenvalue weighted by atomic mass is 10.1. The molecule has 1 aromatic carbocycles. The fourth-order valence-electron chi connectivity index (χ4n) is 1.85. The maximum atomic E-state index is 12.8. The van der Waals surface area contributed by atoms with Gasteiger partial charge in [0.25, 0.3) is 0 Å². The molecular formula is C12H11ClFN5. The Morgan fingerprint density at radius 2 is 1.95 bits per heavy atom. The van der Waals surface area contributed by atoms with Gasteiger partial charge in [0.1, 0.15) is 5.82 Å². The van der Waals surface area contributed by atoms with Crippen LogP contribution in [0.1, 0.15) is 11.1 Å². The average Bonchev–Trinajstić information content (AvgIpc) is 2.79. The van der Waals surface area contributed by atoms with E-state index in [-0.39, 0.29) is 18.2 Å². The van der Waals surface area contributed by atoms with Crippen LogP contribution in [0.2, 0.25) is 0 Å². The van der Waals surface area contributed by atoms with E-state index in [4.69, 9.17) is 5.73 Å². The van der Waals surface area contributed by atoms with E-state index in [2.05, 4.69) is 20.4 Å². The molecule has 3 aromatic rings. The molecule has 4 N–H and O–H groups in total. The van der Waals surface area contributed by atoms with E-state index in [1.54, 1.807) is 12.1 Å². The van der Waals surface area contributed by atoms with Crippen molar-refractivity contribution in [1.29, 1.82) is 0 Å². The summed E-state index contributed by atoms with van der Waals surface area (Å²) in [4.78, 5) is 2.97. The van der Waals surface area contributed by atoms with Crippen molar-refractivity contribution in [3.8, 4) is 0 Å². The molecule has 0 radical (unpaired) electrons. The zero-order valence-corrected chi connectivity index (χ0v) is 10.6. The number of pyridine rings is 1. The lowest BCUT2D eigenvalue weighted by molar-refractivity contribution is -0.330. The molecular weight excluding hydrogens is 269 g/mol. The summed E-state index contributed by atoms with van der Waals surface area (Å²) in [6.07, 6.45) is 0.616. The third kappa shape index (κ3) is 2.63.